The van der Waals surface area contributed by atoms with Crippen molar-refractivity contribution in [1.29, 1.82) is 0 Å². The highest BCUT2D eigenvalue weighted by Crippen LogP contribution is 2.17. The van der Waals surface area contributed by atoms with Crippen LogP contribution in [0.5, 0.6) is 0 Å². The quantitative estimate of drug-likeness (QED) is 0.613. The summed E-state index contributed by atoms with van der Waals surface area (Å²) in [7, 11) is 0. The zero-order valence-corrected chi connectivity index (χ0v) is 8.49. The van der Waals surface area contributed by atoms with Gasteiger partial charge in [-0.1, -0.05) is 0 Å². The fraction of sp³-hybridized carbons (Fsp3) is 0.300. The molecule has 1 aliphatic rings. The first-order valence-corrected chi connectivity index (χ1v) is 4.89. The highest BCUT2D eigenvalue weighted by Gasteiger charge is 2.24. The van der Waals surface area contributed by atoms with E-state index >= 15 is 0 Å². The molecule has 2 heterocycles. The van der Waals surface area contributed by atoms with Crippen molar-refractivity contribution in [2.75, 3.05) is 13.2 Å². The molecule has 0 bridgehead atoms. The monoisotopic (exact) mass is 221 g/mol. The van der Waals surface area contributed by atoms with Crippen molar-refractivity contribution >= 4 is 11.8 Å². The van der Waals surface area contributed by atoms with Gasteiger partial charge in [-0.3, -0.25) is 14.6 Å². The van der Waals surface area contributed by atoms with Crippen molar-refractivity contribution in [3.8, 4) is 0 Å². The van der Waals surface area contributed by atoms with Gasteiger partial charge < -0.3 is 15.7 Å². The van der Waals surface area contributed by atoms with E-state index in [0.717, 1.165) is 0 Å². The van der Waals surface area contributed by atoms with Gasteiger partial charge in [0.1, 0.15) is 5.69 Å². The molecular formula is C10H11N3O3. The van der Waals surface area contributed by atoms with Crippen LogP contribution in [0.15, 0.2) is 12.3 Å². The molecule has 0 fully saturated rings. The van der Waals surface area contributed by atoms with Gasteiger partial charge in [-0.05, 0) is 6.07 Å². The molecule has 2 amide bonds. The van der Waals surface area contributed by atoms with E-state index in [2.05, 4.69) is 15.6 Å². The molecule has 1 aromatic rings. The van der Waals surface area contributed by atoms with Crippen molar-refractivity contribution < 1.29 is 14.7 Å². The smallest absolute Gasteiger partial charge is 0.270 e. The third-order valence-corrected chi connectivity index (χ3v) is 2.34. The number of aromatic nitrogens is 1. The maximum absolute atomic E-state index is 11.6. The van der Waals surface area contributed by atoms with E-state index in [9.17, 15) is 9.59 Å². The fourth-order valence-electron chi connectivity index (χ4n) is 1.60. The molecule has 1 aliphatic heterocycles. The van der Waals surface area contributed by atoms with Crippen LogP contribution in [0.2, 0.25) is 0 Å². The summed E-state index contributed by atoms with van der Waals surface area (Å²) in [6.45, 7) is 0.368. The molecule has 0 unspecified atom stereocenters. The Balaban J connectivity index is 2.29. The molecule has 0 aliphatic carbocycles. The summed E-state index contributed by atoms with van der Waals surface area (Å²) in [5, 5.41) is 13.7. The van der Waals surface area contributed by atoms with Crippen LogP contribution in [0.4, 0.5) is 0 Å². The summed E-state index contributed by atoms with van der Waals surface area (Å²) >= 11 is 0. The largest absolute Gasteiger partial charge is 0.395 e. The Labute approximate surface area is 91.7 Å². The number of hydrogen-bond donors (Lipinski definition) is 3. The number of pyridine rings is 1. The lowest BCUT2D eigenvalue weighted by molar-refractivity contribution is 0.0937. The van der Waals surface area contributed by atoms with Gasteiger partial charge in [0.15, 0.2) is 0 Å². The van der Waals surface area contributed by atoms with Crippen molar-refractivity contribution in [1.82, 2.24) is 15.6 Å². The van der Waals surface area contributed by atoms with Gasteiger partial charge in [-0.25, -0.2) is 0 Å². The van der Waals surface area contributed by atoms with E-state index in [1.54, 1.807) is 6.07 Å². The Bertz CT molecular complexity index is 445. The molecule has 0 aromatic carbocycles. The summed E-state index contributed by atoms with van der Waals surface area (Å²) in [6.07, 6.45) is 1.43. The number of hydrogen-bond acceptors (Lipinski definition) is 4. The molecule has 0 atom stereocenters. The van der Waals surface area contributed by atoms with Crippen LogP contribution in [0.25, 0.3) is 0 Å². The van der Waals surface area contributed by atoms with Gasteiger partial charge in [-0.2, -0.15) is 0 Å². The van der Waals surface area contributed by atoms with E-state index in [1.165, 1.54) is 6.20 Å². The molecule has 0 radical (unpaired) electrons. The normalized spacial score (nSPS) is 13.2. The zero-order chi connectivity index (χ0) is 11.5. The van der Waals surface area contributed by atoms with E-state index in [-0.39, 0.29) is 30.7 Å². The van der Waals surface area contributed by atoms with Crippen LogP contribution in [-0.4, -0.2) is 35.1 Å². The number of carbonyl (C=O) groups is 2. The zero-order valence-electron chi connectivity index (χ0n) is 8.49. The predicted octanol–water partition coefficient (Wildman–Crippen LogP) is -0.953. The van der Waals surface area contributed by atoms with Crippen LogP contribution in [0, 0.1) is 0 Å². The summed E-state index contributed by atoms with van der Waals surface area (Å²) < 4.78 is 0. The summed E-state index contributed by atoms with van der Waals surface area (Å²) in [4.78, 5) is 26.9. The Morgan fingerprint density at radius 3 is 3.19 bits per heavy atom. The number of aliphatic hydroxyl groups is 1. The third kappa shape index (κ3) is 1.74. The van der Waals surface area contributed by atoms with Crippen molar-refractivity contribution in [3.63, 3.8) is 0 Å². The standard InChI is InChI=1S/C10H11N3O3/c14-4-3-12-10(16)8-7-5-13-9(15)6(7)1-2-11-8/h1-2,14H,3-5H2,(H,12,16)(H,13,15). The number of nitrogens with zero attached hydrogens (tertiary/aromatic N) is 1. The number of carbonyl (C=O) groups excluding carboxylic acids is 2. The molecule has 1 aromatic heterocycles. The van der Waals surface area contributed by atoms with E-state index < -0.39 is 0 Å². The molecule has 2 rings (SSSR count). The SMILES string of the molecule is O=C1NCc2c1ccnc2C(=O)NCCO. The van der Waals surface area contributed by atoms with Crippen LogP contribution >= 0.6 is 0 Å². The Hall–Kier alpha value is -1.95. The van der Waals surface area contributed by atoms with Crippen LogP contribution in [0.3, 0.4) is 0 Å². The van der Waals surface area contributed by atoms with E-state index in [0.29, 0.717) is 17.7 Å². The first-order chi connectivity index (χ1) is 7.74. The predicted molar refractivity (Wildman–Crippen MR) is 54.8 cm³/mol. The Kier molecular flexibility index (Phi) is 2.82. The lowest BCUT2D eigenvalue weighted by Crippen LogP contribution is -2.28. The maximum Gasteiger partial charge on any atom is 0.270 e. The highest BCUT2D eigenvalue weighted by molar-refractivity contribution is 6.03. The molecular weight excluding hydrogens is 210 g/mol. The number of rotatable bonds is 3. The Morgan fingerprint density at radius 1 is 1.62 bits per heavy atom. The number of amides is 2. The Morgan fingerprint density at radius 2 is 2.44 bits per heavy atom. The van der Waals surface area contributed by atoms with Gasteiger partial charge >= 0.3 is 0 Å². The minimum atomic E-state index is -0.373. The summed E-state index contributed by atoms with van der Waals surface area (Å²) in [5.41, 5.74) is 1.34. The third-order valence-electron chi connectivity index (χ3n) is 2.34. The number of fused-ring (bicyclic) bond motifs is 1. The topological polar surface area (TPSA) is 91.3 Å². The molecule has 0 spiro atoms. The second kappa shape index (κ2) is 4.28. The van der Waals surface area contributed by atoms with Crippen LogP contribution in [-0.2, 0) is 6.54 Å². The molecule has 3 N–H and O–H groups in total. The van der Waals surface area contributed by atoms with Crippen LogP contribution in [0.1, 0.15) is 26.4 Å². The number of nitrogens with one attached hydrogen (secondary N) is 2. The second-order valence-corrected chi connectivity index (χ2v) is 3.35. The van der Waals surface area contributed by atoms with Crippen molar-refractivity contribution in [2.24, 2.45) is 0 Å². The van der Waals surface area contributed by atoms with Gasteiger partial charge in [0.2, 0.25) is 0 Å². The van der Waals surface area contributed by atoms with Crippen molar-refractivity contribution in [3.05, 3.63) is 29.1 Å². The molecule has 6 nitrogen and oxygen atoms in total. The van der Waals surface area contributed by atoms with Crippen molar-refractivity contribution in [2.45, 2.75) is 6.54 Å². The van der Waals surface area contributed by atoms with Gasteiger partial charge in [0.05, 0.1) is 6.61 Å². The first-order valence-electron chi connectivity index (χ1n) is 4.89. The van der Waals surface area contributed by atoms with Gasteiger partial charge in [-0.15, -0.1) is 0 Å². The van der Waals surface area contributed by atoms with E-state index in [4.69, 9.17) is 5.11 Å². The maximum atomic E-state index is 11.6. The average molecular weight is 221 g/mol. The fourth-order valence-corrected chi connectivity index (χ4v) is 1.60. The van der Waals surface area contributed by atoms with Crippen LogP contribution < -0.4 is 10.6 Å². The van der Waals surface area contributed by atoms with Gasteiger partial charge in [0, 0.05) is 30.4 Å². The minimum Gasteiger partial charge on any atom is -0.395 e. The van der Waals surface area contributed by atoms with E-state index in [1.807, 2.05) is 0 Å². The first kappa shape index (κ1) is 10.6. The highest BCUT2D eigenvalue weighted by atomic mass is 16.3. The molecule has 0 saturated heterocycles. The average Bonchev–Trinajstić information content (AvgIpc) is 2.68. The lowest BCUT2D eigenvalue weighted by Gasteiger charge is -2.05. The molecule has 6 heteroatoms. The molecule has 84 valence electrons. The molecule has 16 heavy (non-hydrogen) atoms. The summed E-state index contributed by atoms with van der Waals surface area (Å²) in [6, 6.07) is 1.58. The summed E-state index contributed by atoms with van der Waals surface area (Å²) in [5.74, 6) is -0.559. The minimum absolute atomic E-state index is 0.127. The molecule has 0 saturated carbocycles. The lowest BCUT2D eigenvalue weighted by atomic mass is 10.1. The number of aliphatic hydroxyl groups excluding tert-OH is 1. The second-order valence-electron chi connectivity index (χ2n) is 3.35. The van der Waals surface area contributed by atoms with Gasteiger partial charge in [0.25, 0.3) is 11.8 Å².